The van der Waals surface area contributed by atoms with Crippen LogP contribution in [0.5, 0.6) is 0 Å². The zero-order chi connectivity index (χ0) is 23.0. The number of piperidine rings is 1. The summed E-state index contributed by atoms with van der Waals surface area (Å²) in [5.41, 5.74) is -0.894. The number of nitrogens with zero attached hydrogens (tertiary/aromatic N) is 6. The molecule has 2 N–H and O–H groups in total. The van der Waals surface area contributed by atoms with Crippen LogP contribution < -0.4 is 15.8 Å². The lowest BCUT2D eigenvalue weighted by Crippen LogP contribution is -2.47. The van der Waals surface area contributed by atoms with Gasteiger partial charge in [0, 0.05) is 39.4 Å². The first kappa shape index (κ1) is 21.6. The fourth-order valence-electron chi connectivity index (χ4n) is 3.68. The average Bonchev–Trinajstić information content (AvgIpc) is 3.23. The van der Waals surface area contributed by atoms with Crippen LogP contribution in [0, 0.1) is 0 Å². The van der Waals surface area contributed by atoms with Crippen LogP contribution in [-0.2, 0) is 13.2 Å². The van der Waals surface area contributed by atoms with Crippen molar-refractivity contribution >= 4 is 28.7 Å². The van der Waals surface area contributed by atoms with E-state index in [1.807, 2.05) is 4.90 Å². The van der Waals surface area contributed by atoms with Gasteiger partial charge >= 0.3 is 12.2 Å². The van der Waals surface area contributed by atoms with Crippen molar-refractivity contribution in [1.29, 1.82) is 0 Å². The molecule has 10 nitrogen and oxygen atoms in total. The molecule has 1 saturated heterocycles. The predicted octanol–water partition coefficient (Wildman–Crippen LogP) is 2.20. The second-order valence-corrected chi connectivity index (χ2v) is 7.65. The standard InChI is InChI=1S/C19H21F3N8O2/c1-28-10-11(19(20,21)22)7-13(17(28)31)26-18(32)29(2)12-3-5-30(6-4-12)15-9-23-16-14(25-15)8-24-27-16/h7-10,12H,3-6H2,1-2H3,(H,26,32)(H,23,24,27). The highest BCUT2D eigenvalue weighted by Gasteiger charge is 2.33. The van der Waals surface area contributed by atoms with E-state index in [4.69, 9.17) is 0 Å². The van der Waals surface area contributed by atoms with E-state index in [2.05, 4.69) is 25.5 Å². The smallest absolute Gasteiger partial charge is 0.355 e. The summed E-state index contributed by atoms with van der Waals surface area (Å²) in [4.78, 5) is 37.1. The van der Waals surface area contributed by atoms with Crippen LogP contribution in [0.25, 0.3) is 11.2 Å². The van der Waals surface area contributed by atoms with Gasteiger partial charge in [0.05, 0.1) is 18.0 Å². The van der Waals surface area contributed by atoms with Gasteiger partial charge in [-0.15, -0.1) is 0 Å². The summed E-state index contributed by atoms with van der Waals surface area (Å²) >= 11 is 0. The number of alkyl halides is 3. The van der Waals surface area contributed by atoms with Crippen molar-refractivity contribution in [2.45, 2.75) is 25.1 Å². The number of carbonyl (C=O) groups excluding carboxylic acids is 1. The van der Waals surface area contributed by atoms with Crippen LogP contribution in [0.4, 0.5) is 29.5 Å². The predicted molar refractivity (Wildman–Crippen MR) is 110 cm³/mol. The van der Waals surface area contributed by atoms with Crippen LogP contribution in [0.2, 0.25) is 0 Å². The van der Waals surface area contributed by atoms with Crippen molar-refractivity contribution in [2.75, 3.05) is 30.4 Å². The van der Waals surface area contributed by atoms with Crippen molar-refractivity contribution in [1.82, 2.24) is 29.6 Å². The molecule has 1 fully saturated rings. The Morgan fingerprint density at radius 1 is 1.28 bits per heavy atom. The number of urea groups is 1. The molecule has 170 valence electrons. The number of anilines is 2. The van der Waals surface area contributed by atoms with E-state index in [0.717, 1.165) is 4.57 Å². The molecule has 0 aromatic carbocycles. The van der Waals surface area contributed by atoms with E-state index >= 15 is 0 Å². The third-order valence-electron chi connectivity index (χ3n) is 5.55. The van der Waals surface area contributed by atoms with Gasteiger partial charge in [-0.3, -0.25) is 9.89 Å². The molecule has 1 aliphatic rings. The van der Waals surface area contributed by atoms with Crippen molar-refractivity contribution in [2.24, 2.45) is 7.05 Å². The highest BCUT2D eigenvalue weighted by atomic mass is 19.4. The molecule has 3 aromatic rings. The van der Waals surface area contributed by atoms with E-state index in [9.17, 15) is 22.8 Å². The molecule has 13 heteroatoms. The Hall–Kier alpha value is -3.64. The fourth-order valence-corrected chi connectivity index (χ4v) is 3.68. The molecule has 1 aliphatic heterocycles. The van der Waals surface area contributed by atoms with Gasteiger partial charge in [-0.05, 0) is 18.9 Å². The maximum absolute atomic E-state index is 13.1. The molecular weight excluding hydrogens is 429 g/mol. The second kappa shape index (κ2) is 8.13. The summed E-state index contributed by atoms with van der Waals surface area (Å²) < 4.78 is 40.0. The van der Waals surface area contributed by atoms with Gasteiger partial charge in [-0.25, -0.2) is 14.8 Å². The molecule has 0 radical (unpaired) electrons. The molecule has 0 aliphatic carbocycles. The summed E-state index contributed by atoms with van der Waals surface area (Å²) in [5, 5.41) is 8.97. The van der Waals surface area contributed by atoms with Crippen LogP contribution in [0.1, 0.15) is 18.4 Å². The number of aryl methyl sites for hydroxylation is 1. The molecule has 2 amide bonds. The number of rotatable bonds is 3. The second-order valence-electron chi connectivity index (χ2n) is 7.65. The number of aromatic amines is 1. The molecule has 4 heterocycles. The third kappa shape index (κ3) is 4.22. The molecule has 4 rings (SSSR count). The highest BCUT2D eigenvalue weighted by Crippen LogP contribution is 2.29. The molecule has 0 unspecified atom stereocenters. The number of pyridine rings is 1. The number of amides is 2. The minimum absolute atomic E-state index is 0.147. The largest absolute Gasteiger partial charge is 0.417 e. The first-order valence-corrected chi connectivity index (χ1v) is 9.86. The lowest BCUT2D eigenvalue weighted by atomic mass is 10.0. The Morgan fingerprint density at radius 3 is 2.69 bits per heavy atom. The van der Waals surface area contributed by atoms with Gasteiger partial charge in [-0.2, -0.15) is 18.3 Å². The number of hydrogen-bond donors (Lipinski definition) is 2. The highest BCUT2D eigenvalue weighted by molar-refractivity contribution is 5.89. The normalized spacial score (nSPS) is 15.2. The SMILES string of the molecule is CN(C(=O)Nc1cc(C(F)(F)F)cn(C)c1=O)C1CCN(c2cnc3[nH]ncc3n2)CC1. The Bertz CT molecular complexity index is 1200. The van der Waals surface area contributed by atoms with Gasteiger partial charge in [0.1, 0.15) is 17.0 Å². The van der Waals surface area contributed by atoms with Crippen LogP contribution in [-0.4, -0.2) is 61.8 Å². The fraction of sp³-hybridized carbons (Fsp3) is 0.421. The van der Waals surface area contributed by atoms with E-state index in [1.54, 1.807) is 19.4 Å². The van der Waals surface area contributed by atoms with Crippen LogP contribution in [0.3, 0.4) is 0 Å². The van der Waals surface area contributed by atoms with E-state index in [1.165, 1.54) is 11.9 Å². The quantitative estimate of drug-likeness (QED) is 0.633. The lowest BCUT2D eigenvalue weighted by Gasteiger charge is -2.37. The Balaban J connectivity index is 1.41. The number of H-pyrrole nitrogens is 1. The summed E-state index contributed by atoms with van der Waals surface area (Å²) in [6.07, 6.45) is 0.550. The minimum atomic E-state index is -4.63. The Morgan fingerprint density at radius 2 is 2.00 bits per heavy atom. The number of halogens is 3. The van der Waals surface area contributed by atoms with E-state index in [-0.39, 0.29) is 6.04 Å². The van der Waals surface area contributed by atoms with Gasteiger partial charge in [0.15, 0.2) is 5.65 Å². The molecular formula is C19H21F3N8O2. The van der Waals surface area contributed by atoms with Crippen molar-refractivity contribution in [3.8, 4) is 0 Å². The average molecular weight is 450 g/mol. The third-order valence-corrected chi connectivity index (χ3v) is 5.55. The Labute approximate surface area is 180 Å². The number of nitrogens with one attached hydrogen (secondary N) is 2. The number of carbonyl (C=O) groups is 1. The minimum Gasteiger partial charge on any atom is -0.355 e. The van der Waals surface area contributed by atoms with Gasteiger partial charge in [0.2, 0.25) is 0 Å². The van der Waals surface area contributed by atoms with Crippen molar-refractivity contribution < 1.29 is 18.0 Å². The molecule has 0 atom stereocenters. The zero-order valence-electron chi connectivity index (χ0n) is 17.3. The topological polar surface area (TPSA) is 112 Å². The number of hydrogen-bond acceptors (Lipinski definition) is 6. The lowest BCUT2D eigenvalue weighted by molar-refractivity contribution is -0.138. The van der Waals surface area contributed by atoms with E-state index < -0.39 is 29.0 Å². The first-order valence-electron chi connectivity index (χ1n) is 9.86. The first-order chi connectivity index (χ1) is 15.1. The maximum atomic E-state index is 13.1. The molecule has 0 saturated carbocycles. The summed E-state index contributed by atoms with van der Waals surface area (Å²) in [6, 6.07) is -0.132. The molecule has 32 heavy (non-hydrogen) atoms. The Kier molecular flexibility index (Phi) is 5.48. The van der Waals surface area contributed by atoms with Crippen molar-refractivity contribution in [3.63, 3.8) is 0 Å². The molecule has 0 bridgehead atoms. The van der Waals surface area contributed by atoms with Gasteiger partial charge < -0.3 is 19.7 Å². The van der Waals surface area contributed by atoms with Gasteiger partial charge in [0.25, 0.3) is 5.56 Å². The number of fused-ring (bicyclic) bond motifs is 1. The van der Waals surface area contributed by atoms with Crippen LogP contribution >= 0.6 is 0 Å². The monoisotopic (exact) mass is 450 g/mol. The summed E-state index contributed by atoms with van der Waals surface area (Å²) in [5.74, 6) is 0.705. The maximum Gasteiger partial charge on any atom is 0.417 e. The van der Waals surface area contributed by atoms with E-state index in [0.29, 0.717) is 55.2 Å². The summed E-state index contributed by atoms with van der Waals surface area (Å²) in [7, 11) is 2.77. The molecule has 0 spiro atoms. The number of aromatic nitrogens is 5. The zero-order valence-corrected chi connectivity index (χ0v) is 17.3. The molecule has 3 aromatic heterocycles. The van der Waals surface area contributed by atoms with Gasteiger partial charge in [-0.1, -0.05) is 0 Å². The van der Waals surface area contributed by atoms with Crippen LogP contribution in [0.15, 0.2) is 29.5 Å². The summed E-state index contributed by atoms with van der Waals surface area (Å²) in [6.45, 7) is 1.23. The van der Waals surface area contributed by atoms with Crippen molar-refractivity contribution in [3.05, 3.63) is 40.6 Å².